The van der Waals surface area contributed by atoms with Crippen LogP contribution in [0.1, 0.15) is 17.2 Å². The molecule has 4 rings (SSSR count). The molecule has 32 heavy (non-hydrogen) atoms. The van der Waals surface area contributed by atoms with Crippen molar-refractivity contribution in [2.45, 2.75) is 6.04 Å². The van der Waals surface area contributed by atoms with Gasteiger partial charge in [-0.1, -0.05) is 47.7 Å². The fourth-order valence-electron chi connectivity index (χ4n) is 4.26. The number of ether oxygens (including phenoxy) is 2. The van der Waals surface area contributed by atoms with E-state index in [2.05, 4.69) is 0 Å². The molecular formula is C24H25ClN2O5. The van der Waals surface area contributed by atoms with Gasteiger partial charge in [-0.25, -0.2) is 0 Å². The monoisotopic (exact) mass is 456 g/mol. The highest BCUT2D eigenvalue weighted by atomic mass is 35.5. The normalized spacial score (nSPS) is 21.2. The molecule has 0 aromatic heterocycles. The highest BCUT2D eigenvalue weighted by molar-refractivity contribution is 6.46. The Bertz CT molecular complexity index is 1030. The molecule has 1 amide bonds. The molecule has 0 bridgehead atoms. The third kappa shape index (κ3) is 4.37. The minimum atomic E-state index is -0.810. The number of hydrogen-bond acceptors (Lipinski definition) is 5. The van der Waals surface area contributed by atoms with Crippen LogP contribution in [0.15, 0.2) is 54.1 Å². The zero-order valence-electron chi connectivity index (χ0n) is 17.8. The number of para-hydroxylation sites is 1. The second-order valence-electron chi connectivity index (χ2n) is 7.83. The van der Waals surface area contributed by atoms with Crippen LogP contribution in [0.3, 0.4) is 0 Å². The van der Waals surface area contributed by atoms with Gasteiger partial charge < -0.3 is 24.4 Å². The first-order chi connectivity index (χ1) is 15.5. The lowest BCUT2D eigenvalue weighted by Crippen LogP contribution is -3.14. The molecule has 2 aromatic rings. The molecular weight excluding hydrogens is 432 g/mol. The van der Waals surface area contributed by atoms with Crippen molar-refractivity contribution in [2.75, 3.05) is 46.5 Å². The zero-order chi connectivity index (χ0) is 22.7. The molecule has 2 fully saturated rings. The molecule has 1 atom stereocenters. The van der Waals surface area contributed by atoms with E-state index in [9.17, 15) is 14.7 Å². The summed E-state index contributed by atoms with van der Waals surface area (Å²) in [6, 6.07) is 12.7. The Hall–Kier alpha value is -2.87. The summed E-state index contributed by atoms with van der Waals surface area (Å²) in [5.74, 6) is -1.38. The molecule has 2 saturated heterocycles. The summed E-state index contributed by atoms with van der Waals surface area (Å²) in [6.45, 7) is 4.04. The summed E-state index contributed by atoms with van der Waals surface area (Å²) in [7, 11) is 1.53. The lowest BCUT2D eigenvalue weighted by Gasteiger charge is -2.30. The van der Waals surface area contributed by atoms with Crippen LogP contribution in [0, 0.1) is 0 Å². The number of quaternary nitrogens is 1. The molecule has 1 unspecified atom stereocenters. The first-order valence-corrected chi connectivity index (χ1v) is 11.0. The second kappa shape index (κ2) is 9.73. The van der Waals surface area contributed by atoms with Crippen molar-refractivity contribution in [1.29, 1.82) is 0 Å². The molecule has 0 saturated carbocycles. The number of likely N-dealkylation sites (tertiary alicyclic amines) is 1. The molecule has 0 radical (unpaired) electrons. The number of methoxy groups -OCH3 is 1. The quantitative estimate of drug-likeness (QED) is 0.388. The Balaban J connectivity index is 1.77. The van der Waals surface area contributed by atoms with E-state index in [-0.39, 0.29) is 5.57 Å². The zero-order valence-corrected chi connectivity index (χ0v) is 18.6. The number of Topliss-reactive ketones (excluding diaryl/α,β-unsaturated/α-hetero) is 1. The van der Waals surface area contributed by atoms with E-state index in [1.165, 1.54) is 16.9 Å². The van der Waals surface area contributed by atoms with Crippen LogP contribution in [0.25, 0.3) is 5.76 Å². The Labute approximate surface area is 191 Å². The number of carbonyl (C=O) groups is 2. The Morgan fingerprint density at radius 1 is 1.16 bits per heavy atom. The molecule has 2 heterocycles. The van der Waals surface area contributed by atoms with Gasteiger partial charge in [0.2, 0.25) is 5.78 Å². The van der Waals surface area contributed by atoms with E-state index in [0.29, 0.717) is 48.2 Å². The maximum atomic E-state index is 13.4. The van der Waals surface area contributed by atoms with Crippen molar-refractivity contribution in [3.63, 3.8) is 0 Å². The van der Waals surface area contributed by atoms with Crippen LogP contribution in [0.5, 0.6) is 5.75 Å². The van der Waals surface area contributed by atoms with Gasteiger partial charge in [-0.15, -0.1) is 0 Å². The smallest absolute Gasteiger partial charge is 0.295 e. The molecule has 7 nitrogen and oxygen atoms in total. The van der Waals surface area contributed by atoms with Gasteiger partial charge in [-0.2, -0.15) is 0 Å². The summed E-state index contributed by atoms with van der Waals surface area (Å²) >= 11 is 5.96. The first kappa shape index (κ1) is 22.3. The number of halogens is 1. The van der Waals surface area contributed by atoms with Crippen LogP contribution < -0.4 is 14.7 Å². The number of rotatable bonds is 6. The second-order valence-corrected chi connectivity index (χ2v) is 8.27. The average molecular weight is 457 g/mol. The van der Waals surface area contributed by atoms with Crippen LogP contribution in [-0.2, 0) is 14.3 Å². The van der Waals surface area contributed by atoms with Crippen molar-refractivity contribution >= 4 is 29.1 Å². The van der Waals surface area contributed by atoms with Gasteiger partial charge in [0.15, 0.2) is 0 Å². The van der Waals surface area contributed by atoms with Gasteiger partial charge in [0.25, 0.3) is 5.91 Å². The van der Waals surface area contributed by atoms with Gasteiger partial charge in [-0.3, -0.25) is 9.59 Å². The highest BCUT2D eigenvalue weighted by Gasteiger charge is 2.45. The molecule has 1 N–H and O–H groups in total. The minimum Gasteiger partial charge on any atom is -0.872 e. The third-order valence-corrected chi connectivity index (χ3v) is 6.23. The summed E-state index contributed by atoms with van der Waals surface area (Å²) in [5.41, 5.74) is 0.869. The summed E-state index contributed by atoms with van der Waals surface area (Å²) in [6.07, 6.45) is 0. The maximum absolute atomic E-state index is 13.4. The van der Waals surface area contributed by atoms with E-state index in [1.54, 1.807) is 42.5 Å². The molecule has 2 aromatic carbocycles. The van der Waals surface area contributed by atoms with Gasteiger partial charge in [0, 0.05) is 16.2 Å². The minimum absolute atomic E-state index is 0.0567. The van der Waals surface area contributed by atoms with Gasteiger partial charge in [0.1, 0.15) is 18.8 Å². The predicted octanol–water partition coefficient (Wildman–Crippen LogP) is 0.488. The number of hydrogen-bond donors (Lipinski definition) is 1. The fourth-order valence-corrected chi connectivity index (χ4v) is 4.39. The number of carbonyl (C=O) groups excluding carboxylic acids is 2. The summed E-state index contributed by atoms with van der Waals surface area (Å²) in [5, 5.41) is 13.9. The largest absolute Gasteiger partial charge is 0.872 e. The van der Waals surface area contributed by atoms with E-state index in [0.717, 1.165) is 13.1 Å². The van der Waals surface area contributed by atoms with Gasteiger partial charge in [-0.05, 0) is 23.8 Å². The lowest BCUT2D eigenvalue weighted by atomic mass is 9.94. The van der Waals surface area contributed by atoms with E-state index >= 15 is 0 Å². The summed E-state index contributed by atoms with van der Waals surface area (Å²) in [4.78, 5) is 29.0. The fraction of sp³-hybridized carbons (Fsp3) is 0.333. The topological polar surface area (TPSA) is 83.3 Å². The number of nitrogens with zero attached hydrogens (tertiary/aromatic N) is 1. The molecule has 2 aliphatic rings. The third-order valence-electron chi connectivity index (χ3n) is 5.98. The van der Waals surface area contributed by atoms with E-state index in [4.69, 9.17) is 21.1 Å². The summed E-state index contributed by atoms with van der Waals surface area (Å²) < 4.78 is 10.9. The Morgan fingerprint density at radius 2 is 1.84 bits per heavy atom. The van der Waals surface area contributed by atoms with Crippen LogP contribution >= 0.6 is 11.6 Å². The van der Waals surface area contributed by atoms with E-state index in [1.807, 2.05) is 6.07 Å². The number of nitrogens with one attached hydrogen (secondary N) is 1. The molecule has 2 aliphatic heterocycles. The number of benzene rings is 2. The van der Waals surface area contributed by atoms with E-state index < -0.39 is 23.5 Å². The average Bonchev–Trinajstić information content (AvgIpc) is 3.08. The van der Waals surface area contributed by atoms with Crippen molar-refractivity contribution in [2.24, 2.45) is 0 Å². The van der Waals surface area contributed by atoms with Crippen molar-refractivity contribution in [3.05, 3.63) is 70.3 Å². The molecule has 8 heteroatoms. The van der Waals surface area contributed by atoms with Gasteiger partial charge >= 0.3 is 0 Å². The van der Waals surface area contributed by atoms with Crippen LogP contribution in [0.2, 0.25) is 5.02 Å². The predicted molar refractivity (Wildman–Crippen MR) is 117 cm³/mol. The lowest BCUT2D eigenvalue weighted by molar-refractivity contribution is -0.907. The SMILES string of the molecule is COc1ccccc1C1/C(=C(\[O-])c2ccc(Cl)cc2)C(=O)C(=O)N1CC[NH+]1CCOCC1. The standard InChI is InChI=1S/C24H25ClN2O5/c1-31-19-5-3-2-4-18(19)21-20(22(28)16-6-8-17(25)9-7-16)23(29)24(30)27(21)11-10-26-12-14-32-15-13-26/h2-9,21,28H,10-15H2,1H3/b22-20+. The number of ketones is 1. The number of morpholine rings is 1. The van der Waals surface area contributed by atoms with Crippen molar-refractivity contribution < 1.29 is 29.1 Å². The molecule has 0 spiro atoms. The van der Waals surface area contributed by atoms with Crippen molar-refractivity contribution in [1.82, 2.24) is 4.90 Å². The molecule has 0 aliphatic carbocycles. The highest BCUT2D eigenvalue weighted by Crippen LogP contribution is 2.41. The van der Waals surface area contributed by atoms with Crippen molar-refractivity contribution in [3.8, 4) is 5.75 Å². The Kier molecular flexibility index (Phi) is 6.79. The first-order valence-electron chi connectivity index (χ1n) is 10.6. The van der Waals surface area contributed by atoms with Crippen LogP contribution in [-0.4, -0.2) is 63.1 Å². The van der Waals surface area contributed by atoms with Gasteiger partial charge in [0.05, 0.1) is 39.5 Å². The number of amides is 1. The van der Waals surface area contributed by atoms with Crippen LogP contribution in [0.4, 0.5) is 0 Å². The molecule has 168 valence electrons. The Morgan fingerprint density at radius 3 is 2.53 bits per heavy atom. The maximum Gasteiger partial charge on any atom is 0.295 e.